The summed E-state index contributed by atoms with van der Waals surface area (Å²) < 4.78 is 11.0. The van der Waals surface area contributed by atoms with Crippen LogP contribution in [0.5, 0.6) is 0 Å². The second-order valence-electron chi connectivity index (χ2n) is 8.61. The number of hydrogen-bond donors (Lipinski definition) is 1. The smallest absolute Gasteiger partial charge is 0.146 e. The van der Waals surface area contributed by atoms with Gasteiger partial charge in [0.25, 0.3) is 0 Å². The molecule has 0 radical (unpaired) electrons. The Morgan fingerprint density at radius 1 is 1.00 bits per heavy atom. The van der Waals surface area contributed by atoms with Crippen LogP contribution in [0.4, 0.5) is 5.82 Å². The zero-order valence-electron chi connectivity index (χ0n) is 18.1. The Balaban J connectivity index is 1.57. The SMILES string of the molecule is Cc1sc2nc(CN3CCOCC3)nc(NCC(C)(C)N3CCOCC3)c2c1C. The summed E-state index contributed by atoms with van der Waals surface area (Å²) in [5, 5.41) is 4.86. The van der Waals surface area contributed by atoms with Crippen LogP contribution < -0.4 is 5.32 Å². The van der Waals surface area contributed by atoms with Crippen LogP contribution in [0, 0.1) is 13.8 Å². The fourth-order valence-corrected chi connectivity index (χ4v) is 5.08. The Morgan fingerprint density at radius 2 is 1.66 bits per heavy atom. The van der Waals surface area contributed by atoms with E-state index in [4.69, 9.17) is 19.4 Å². The number of nitrogens with one attached hydrogen (secondary N) is 1. The van der Waals surface area contributed by atoms with Crippen molar-refractivity contribution in [2.45, 2.75) is 39.8 Å². The minimum atomic E-state index is 0.0321. The van der Waals surface area contributed by atoms with Crippen LogP contribution in [-0.2, 0) is 16.0 Å². The average Bonchev–Trinajstić information content (AvgIpc) is 3.01. The zero-order chi connectivity index (χ0) is 20.4. The lowest BCUT2D eigenvalue weighted by atomic mass is 10.0. The van der Waals surface area contributed by atoms with Gasteiger partial charge in [-0.15, -0.1) is 11.3 Å². The number of rotatable bonds is 6. The normalized spacial score (nSPS) is 19.7. The Bertz CT molecular complexity index is 841. The highest BCUT2D eigenvalue weighted by Gasteiger charge is 2.28. The minimum Gasteiger partial charge on any atom is -0.379 e. The van der Waals surface area contributed by atoms with Crippen LogP contribution >= 0.6 is 11.3 Å². The summed E-state index contributed by atoms with van der Waals surface area (Å²) in [5.74, 6) is 1.87. The molecule has 2 aliphatic heterocycles. The van der Waals surface area contributed by atoms with Crippen molar-refractivity contribution in [1.29, 1.82) is 0 Å². The van der Waals surface area contributed by atoms with Gasteiger partial charge in [0.1, 0.15) is 16.5 Å². The van der Waals surface area contributed by atoms with Crippen LogP contribution in [0.15, 0.2) is 0 Å². The van der Waals surface area contributed by atoms with Crippen molar-refractivity contribution in [2.24, 2.45) is 0 Å². The highest BCUT2D eigenvalue weighted by Crippen LogP contribution is 2.34. The first kappa shape index (κ1) is 20.9. The van der Waals surface area contributed by atoms with Gasteiger partial charge in [-0.25, -0.2) is 9.97 Å². The van der Waals surface area contributed by atoms with Gasteiger partial charge in [-0.2, -0.15) is 0 Å². The number of morpholine rings is 2. The van der Waals surface area contributed by atoms with E-state index in [2.05, 4.69) is 42.8 Å². The topological polar surface area (TPSA) is 62.8 Å². The maximum absolute atomic E-state index is 5.53. The third kappa shape index (κ3) is 4.72. The van der Waals surface area contributed by atoms with Gasteiger partial charge in [-0.3, -0.25) is 9.80 Å². The molecule has 2 fully saturated rings. The standard InChI is InChI=1S/C21H33N5O2S/c1-15-16(2)29-20-18(15)19(22-14-21(3,4)26-7-11-28-12-8-26)23-17(24-20)13-25-5-9-27-10-6-25/h5-14H2,1-4H3,(H,22,23,24). The lowest BCUT2D eigenvalue weighted by molar-refractivity contribution is -0.00570. The number of nitrogens with zero attached hydrogens (tertiary/aromatic N) is 4. The second kappa shape index (κ2) is 8.81. The van der Waals surface area contributed by atoms with Gasteiger partial charge in [0.2, 0.25) is 0 Å². The first-order valence-electron chi connectivity index (χ1n) is 10.6. The van der Waals surface area contributed by atoms with Gasteiger partial charge in [-0.1, -0.05) is 0 Å². The molecule has 2 saturated heterocycles. The number of thiophene rings is 1. The molecule has 1 N–H and O–H groups in total. The third-order valence-corrected chi connectivity index (χ3v) is 7.20. The summed E-state index contributed by atoms with van der Waals surface area (Å²) >= 11 is 1.77. The van der Waals surface area contributed by atoms with Crippen LogP contribution in [0.3, 0.4) is 0 Å². The lowest BCUT2D eigenvalue weighted by Crippen LogP contribution is -2.53. The average molecular weight is 420 g/mol. The number of fused-ring (bicyclic) bond motifs is 1. The number of aromatic nitrogens is 2. The molecule has 4 heterocycles. The van der Waals surface area contributed by atoms with Crippen molar-refractivity contribution < 1.29 is 9.47 Å². The van der Waals surface area contributed by atoms with E-state index in [1.807, 2.05) is 0 Å². The Hall–Kier alpha value is -1.32. The molecule has 0 unspecified atom stereocenters. The van der Waals surface area contributed by atoms with E-state index in [0.29, 0.717) is 0 Å². The monoisotopic (exact) mass is 419 g/mol. The van der Waals surface area contributed by atoms with Crippen LogP contribution in [0.25, 0.3) is 10.2 Å². The van der Waals surface area contributed by atoms with E-state index in [0.717, 1.165) is 82.2 Å². The van der Waals surface area contributed by atoms with E-state index in [9.17, 15) is 0 Å². The number of ether oxygens (including phenoxy) is 2. The van der Waals surface area contributed by atoms with Gasteiger partial charge < -0.3 is 14.8 Å². The first-order chi connectivity index (χ1) is 13.9. The Kier molecular flexibility index (Phi) is 6.36. The van der Waals surface area contributed by atoms with Gasteiger partial charge in [0, 0.05) is 43.1 Å². The van der Waals surface area contributed by atoms with Crippen LogP contribution in [0.2, 0.25) is 0 Å². The van der Waals surface area contributed by atoms with Crippen molar-refractivity contribution in [1.82, 2.24) is 19.8 Å². The largest absolute Gasteiger partial charge is 0.379 e. The van der Waals surface area contributed by atoms with Gasteiger partial charge in [0.05, 0.1) is 38.4 Å². The zero-order valence-corrected chi connectivity index (χ0v) is 18.9. The molecule has 0 bridgehead atoms. The van der Waals surface area contributed by atoms with E-state index < -0.39 is 0 Å². The molecule has 2 aromatic rings. The number of aryl methyl sites for hydroxylation is 2. The fraction of sp³-hybridized carbons (Fsp3) is 0.714. The van der Waals surface area contributed by atoms with E-state index in [-0.39, 0.29) is 5.54 Å². The molecule has 4 rings (SSSR count). The van der Waals surface area contributed by atoms with Crippen molar-refractivity contribution in [3.8, 4) is 0 Å². The summed E-state index contributed by atoms with van der Waals surface area (Å²) in [6.45, 7) is 17.6. The van der Waals surface area contributed by atoms with Crippen molar-refractivity contribution in [3.63, 3.8) is 0 Å². The molecule has 0 aromatic carbocycles. The molecule has 7 nitrogen and oxygen atoms in total. The van der Waals surface area contributed by atoms with E-state index in [1.54, 1.807) is 11.3 Å². The summed E-state index contributed by atoms with van der Waals surface area (Å²) in [5.41, 5.74) is 1.32. The van der Waals surface area contributed by atoms with Crippen molar-refractivity contribution in [2.75, 3.05) is 64.5 Å². The van der Waals surface area contributed by atoms with E-state index in [1.165, 1.54) is 15.8 Å². The van der Waals surface area contributed by atoms with Crippen molar-refractivity contribution >= 4 is 27.4 Å². The molecule has 0 aliphatic carbocycles. The Labute approximate surface area is 177 Å². The molecule has 160 valence electrons. The lowest BCUT2D eigenvalue weighted by Gasteiger charge is -2.41. The number of hydrogen-bond acceptors (Lipinski definition) is 8. The molecule has 2 aliphatic rings. The quantitative estimate of drug-likeness (QED) is 0.772. The summed E-state index contributed by atoms with van der Waals surface area (Å²) in [6.07, 6.45) is 0. The summed E-state index contributed by atoms with van der Waals surface area (Å²) in [7, 11) is 0. The maximum atomic E-state index is 5.53. The molecule has 2 aromatic heterocycles. The van der Waals surface area contributed by atoms with Gasteiger partial charge >= 0.3 is 0 Å². The van der Waals surface area contributed by atoms with Gasteiger partial charge in [0.15, 0.2) is 0 Å². The highest BCUT2D eigenvalue weighted by molar-refractivity contribution is 7.18. The predicted octanol–water partition coefficient (Wildman–Crippen LogP) is 2.66. The predicted molar refractivity (Wildman–Crippen MR) is 118 cm³/mol. The minimum absolute atomic E-state index is 0.0321. The fourth-order valence-electron chi connectivity index (χ4n) is 4.03. The Morgan fingerprint density at radius 3 is 2.34 bits per heavy atom. The third-order valence-electron chi connectivity index (χ3n) is 6.10. The second-order valence-corrected chi connectivity index (χ2v) is 9.81. The number of anilines is 1. The highest BCUT2D eigenvalue weighted by atomic mass is 32.1. The maximum Gasteiger partial charge on any atom is 0.146 e. The van der Waals surface area contributed by atoms with Crippen LogP contribution in [-0.4, -0.2) is 84.5 Å². The molecule has 29 heavy (non-hydrogen) atoms. The van der Waals surface area contributed by atoms with Gasteiger partial charge in [-0.05, 0) is 33.3 Å². The molecule has 0 amide bonds. The molecular weight excluding hydrogens is 386 g/mol. The van der Waals surface area contributed by atoms with E-state index >= 15 is 0 Å². The molecule has 8 heteroatoms. The van der Waals surface area contributed by atoms with Crippen molar-refractivity contribution in [3.05, 3.63) is 16.3 Å². The van der Waals surface area contributed by atoms with Crippen LogP contribution in [0.1, 0.15) is 30.1 Å². The molecule has 0 atom stereocenters. The molecular formula is C21H33N5O2S. The molecule has 0 saturated carbocycles. The first-order valence-corrected chi connectivity index (χ1v) is 11.4. The summed E-state index contributed by atoms with van der Waals surface area (Å²) in [4.78, 5) is 17.2. The summed E-state index contributed by atoms with van der Waals surface area (Å²) in [6, 6.07) is 0. The molecule has 0 spiro atoms.